The van der Waals surface area contributed by atoms with Crippen LogP contribution in [0.5, 0.6) is 0 Å². The Morgan fingerprint density at radius 1 is 1.12 bits per heavy atom. The molecule has 7 nitrogen and oxygen atoms in total. The fourth-order valence-electron chi connectivity index (χ4n) is 4.98. The summed E-state index contributed by atoms with van der Waals surface area (Å²) in [5.74, 6) is 0.266. The molecule has 1 aliphatic carbocycles. The Morgan fingerprint density at radius 2 is 1.88 bits per heavy atom. The molecule has 1 saturated carbocycles. The number of nitrogens with zero attached hydrogens (tertiary/aromatic N) is 3. The van der Waals surface area contributed by atoms with Crippen molar-refractivity contribution in [2.75, 3.05) is 13.1 Å². The Balaban J connectivity index is 1.40. The van der Waals surface area contributed by atoms with Crippen LogP contribution in [0.15, 0.2) is 36.4 Å². The summed E-state index contributed by atoms with van der Waals surface area (Å²) in [4.78, 5) is 30.9. The molecule has 1 aliphatic heterocycles. The first-order chi connectivity index (χ1) is 15.5. The van der Waals surface area contributed by atoms with Gasteiger partial charge in [0.05, 0.1) is 16.2 Å². The quantitative estimate of drug-likeness (QED) is 0.522. The molecule has 2 heterocycles. The van der Waals surface area contributed by atoms with Crippen LogP contribution in [-0.4, -0.2) is 39.8 Å². The monoisotopic (exact) mass is 436 g/mol. The molecule has 0 radical (unpaired) electrons. The molecule has 1 aromatic carbocycles. The number of piperidine rings is 1. The molecule has 2 aromatic rings. The summed E-state index contributed by atoms with van der Waals surface area (Å²) in [7, 11) is 0. The Bertz CT molecular complexity index is 963. The number of hydrogen-bond acceptors (Lipinski definition) is 5. The van der Waals surface area contributed by atoms with Gasteiger partial charge in [-0.25, -0.2) is 0 Å². The first-order valence-corrected chi connectivity index (χ1v) is 11.7. The number of likely N-dealkylation sites (tertiary alicyclic amines) is 1. The molecule has 2 aliphatic rings. The number of pyridine rings is 1. The van der Waals surface area contributed by atoms with Crippen molar-refractivity contribution in [1.29, 1.82) is 0 Å². The number of amides is 1. The smallest absolute Gasteiger partial charge is 0.269 e. The average Bonchev–Trinajstić information content (AvgIpc) is 2.80. The van der Waals surface area contributed by atoms with E-state index in [1.54, 1.807) is 12.1 Å². The second-order valence-corrected chi connectivity index (χ2v) is 9.17. The molecule has 1 aromatic heterocycles. The maximum atomic E-state index is 13.1. The number of aryl methyl sites for hydroxylation is 1. The van der Waals surface area contributed by atoms with Gasteiger partial charge in [-0.15, -0.1) is 0 Å². The van der Waals surface area contributed by atoms with Crippen molar-refractivity contribution in [2.45, 2.75) is 70.4 Å². The van der Waals surface area contributed by atoms with Crippen LogP contribution in [0.1, 0.15) is 78.2 Å². The van der Waals surface area contributed by atoms with E-state index in [4.69, 9.17) is 4.98 Å². The molecule has 1 N–H and O–H groups in total. The van der Waals surface area contributed by atoms with Crippen molar-refractivity contribution >= 4 is 11.6 Å². The molecular formula is C25H32N4O3. The maximum absolute atomic E-state index is 13.1. The van der Waals surface area contributed by atoms with Gasteiger partial charge in [-0.3, -0.25) is 24.8 Å². The highest BCUT2D eigenvalue weighted by Gasteiger charge is 2.27. The van der Waals surface area contributed by atoms with Gasteiger partial charge < -0.3 is 5.32 Å². The first kappa shape index (κ1) is 22.4. The number of benzene rings is 1. The second kappa shape index (κ2) is 10.2. The largest absolute Gasteiger partial charge is 0.349 e. The zero-order valence-electron chi connectivity index (χ0n) is 18.8. The second-order valence-electron chi connectivity index (χ2n) is 9.17. The number of non-ortho nitro benzene ring substituents is 1. The first-order valence-electron chi connectivity index (χ1n) is 11.7. The molecule has 0 spiro atoms. The van der Waals surface area contributed by atoms with Gasteiger partial charge in [-0.1, -0.05) is 31.4 Å². The number of aromatic nitrogens is 1. The van der Waals surface area contributed by atoms with Crippen LogP contribution in [-0.2, 0) is 6.54 Å². The molecule has 7 heteroatoms. The molecule has 170 valence electrons. The van der Waals surface area contributed by atoms with Crippen molar-refractivity contribution in [2.24, 2.45) is 0 Å². The Labute approximate surface area is 189 Å². The Hall–Kier alpha value is -2.80. The topological polar surface area (TPSA) is 88.4 Å². The van der Waals surface area contributed by atoms with Gasteiger partial charge in [-0.2, -0.15) is 0 Å². The summed E-state index contributed by atoms with van der Waals surface area (Å²) in [5, 5.41) is 14.3. The van der Waals surface area contributed by atoms with Gasteiger partial charge in [0, 0.05) is 36.3 Å². The highest BCUT2D eigenvalue weighted by atomic mass is 16.6. The molecule has 0 unspecified atom stereocenters. The third-order valence-electron chi connectivity index (χ3n) is 6.75. The minimum atomic E-state index is -0.348. The number of carbonyl (C=O) groups excluding carboxylic acids is 1. The summed E-state index contributed by atoms with van der Waals surface area (Å²) in [6, 6.07) is 11.0. The highest BCUT2D eigenvalue weighted by molar-refractivity contribution is 5.95. The van der Waals surface area contributed by atoms with Gasteiger partial charge >= 0.3 is 0 Å². The van der Waals surface area contributed by atoms with Crippen LogP contribution in [0.25, 0.3) is 0 Å². The number of hydrogen-bond donors (Lipinski definition) is 1. The molecule has 2 fully saturated rings. The van der Waals surface area contributed by atoms with Crippen LogP contribution in [0.2, 0.25) is 0 Å². The summed E-state index contributed by atoms with van der Waals surface area (Å²) >= 11 is 0. The minimum absolute atomic E-state index is 0.0124. The SMILES string of the molecule is Cc1ccc(C(=O)NC2CCCCC2)c(C2CCN(Cc3cccc([N+](=O)[O-])c3)CC2)n1. The molecule has 1 saturated heterocycles. The Kier molecular flexibility index (Phi) is 7.15. The summed E-state index contributed by atoms with van der Waals surface area (Å²) in [6.45, 7) is 4.44. The van der Waals surface area contributed by atoms with Crippen molar-refractivity contribution in [3.63, 3.8) is 0 Å². The van der Waals surface area contributed by atoms with Crippen LogP contribution < -0.4 is 5.32 Å². The van der Waals surface area contributed by atoms with Crippen LogP contribution in [0.4, 0.5) is 5.69 Å². The van der Waals surface area contributed by atoms with E-state index >= 15 is 0 Å². The van der Waals surface area contributed by atoms with E-state index in [1.165, 1.54) is 25.3 Å². The number of nitro groups is 1. The summed E-state index contributed by atoms with van der Waals surface area (Å²) < 4.78 is 0. The van der Waals surface area contributed by atoms with E-state index in [0.717, 1.165) is 61.3 Å². The van der Waals surface area contributed by atoms with Gasteiger partial charge in [0.15, 0.2) is 0 Å². The predicted molar refractivity (Wildman–Crippen MR) is 124 cm³/mol. The standard InChI is InChI=1S/C25H32N4O3/c1-18-10-11-23(25(30)27-21-7-3-2-4-8-21)24(26-18)20-12-14-28(15-13-20)17-19-6-5-9-22(16-19)29(31)32/h5-6,9-11,16,20-21H,2-4,7-8,12-15,17H2,1H3,(H,27,30). The summed E-state index contributed by atoms with van der Waals surface area (Å²) in [5.41, 5.74) is 3.67. The van der Waals surface area contributed by atoms with Crippen LogP contribution >= 0.6 is 0 Å². The van der Waals surface area contributed by atoms with E-state index < -0.39 is 0 Å². The van der Waals surface area contributed by atoms with E-state index in [9.17, 15) is 14.9 Å². The van der Waals surface area contributed by atoms with Crippen LogP contribution in [0, 0.1) is 17.0 Å². The van der Waals surface area contributed by atoms with Gasteiger partial charge in [0.1, 0.15) is 0 Å². The third-order valence-corrected chi connectivity index (χ3v) is 6.75. The third kappa shape index (κ3) is 5.51. The number of carbonyl (C=O) groups is 1. The lowest BCUT2D eigenvalue weighted by molar-refractivity contribution is -0.384. The fraction of sp³-hybridized carbons (Fsp3) is 0.520. The lowest BCUT2D eigenvalue weighted by atomic mass is 9.89. The molecule has 4 rings (SSSR count). The molecule has 0 bridgehead atoms. The number of nitro benzene ring substituents is 1. The van der Waals surface area contributed by atoms with Crippen molar-refractivity contribution in [3.05, 3.63) is 69.0 Å². The lowest BCUT2D eigenvalue weighted by Crippen LogP contribution is -2.38. The molecule has 0 atom stereocenters. The number of rotatable bonds is 6. The van der Waals surface area contributed by atoms with Crippen LogP contribution in [0.3, 0.4) is 0 Å². The normalized spacial score (nSPS) is 18.4. The van der Waals surface area contributed by atoms with E-state index in [0.29, 0.717) is 6.54 Å². The zero-order valence-corrected chi connectivity index (χ0v) is 18.8. The van der Waals surface area contributed by atoms with E-state index in [1.807, 2.05) is 25.1 Å². The number of nitrogens with one attached hydrogen (secondary N) is 1. The zero-order chi connectivity index (χ0) is 22.5. The average molecular weight is 437 g/mol. The fourth-order valence-corrected chi connectivity index (χ4v) is 4.98. The van der Waals surface area contributed by atoms with Crippen molar-refractivity contribution < 1.29 is 9.72 Å². The van der Waals surface area contributed by atoms with Crippen molar-refractivity contribution in [3.8, 4) is 0 Å². The summed E-state index contributed by atoms with van der Waals surface area (Å²) in [6.07, 6.45) is 7.62. The highest BCUT2D eigenvalue weighted by Crippen LogP contribution is 2.30. The van der Waals surface area contributed by atoms with Gasteiger partial charge in [0.2, 0.25) is 0 Å². The minimum Gasteiger partial charge on any atom is -0.349 e. The maximum Gasteiger partial charge on any atom is 0.269 e. The van der Waals surface area contributed by atoms with Crippen molar-refractivity contribution in [1.82, 2.24) is 15.2 Å². The Morgan fingerprint density at radius 3 is 2.59 bits per heavy atom. The van der Waals surface area contributed by atoms with Gasteiger partial charge in [-0.05, 0) is 63.4 Å². The predicted octanol–water partition coefficient (Wildman–Crippen LogP) is 4.74. The molecule has 1 amide bonds. The lowest BCUT2D eigenvalue weighted by Gasteiger charge is -2.32. The van der Waals surface area contributed by atoms with Gasteiger partial charge in [0.25, 0.3) is 11.6 Å². The van der Waals surface area contributed by atoms with E-state index in [2.05, 4.69) is 10.2 Å². The van der Waals surface area contributed by atoms with E-state index in [-0.39, 0.29) is 28.5 Å². The molecule has 32 heavy (non-hydrogen) atoms. The molecular weight excluding hydrogens is 404 g/mol.